The molecule has 174 valence electrons. The van der Waals surface area contributed by atoms with Crippen molar-refractivity contribution < 1.29 is 27.5 Å². The number of rotatable bonds is 7. The van der Waals surface area contributed by atoms with Crippen molar-refractivity contribution in [1.29, 1.82) is 0 Å². The number of aromatic nitrogens is 1. The Kier molecular flexibility index (Phi) is 7.73. The maximum atomic E-state index is 12.6. The van der Waals surface area contributed by atoms with E-state index in [0.29, 0.717) is 43.5 Å². The number of thiazole rings is 1. The van der Waals surface area contributed by atoms with Gasteiger partial charge in [-0.05, 0) is 17.7 Å². The first-order valence-corrected chi connectivity index (χ1v) is 11.1. The first kappa shape index (κ1) is 24.0. The molecule has 0 unspecified atom stereocenters. The molecule has 2 heterocycles. The highest BCUT2D eigenvalue weighted by atomic mass is 32.1. The van der Waals surface area contributed by atoms with E-state index in [1.165, 1.54) is 23.5 Å². The van der Waals surface area contributed by atoms with Crippen LogP contribution in [0.5, 0.6) is 5.75 Å². The Hall–Kier alpha value is -2.66. The van der Waals surface area contributed by atoms with Gasteiger partial charge in [0.2, 0.25) is 11.8 Å². The second-order valence-corrected chi connectivity index (χ2v) is 8.67. The molecule has 0 atom stereocenters. The lowest BCUT2D eigenvalue weighted by Gasteiger charge is -2.34. The van der Waals surface area contributed by atoms with Gasteiger partial charge in [0.25, 0.3) is 0 Å². The number of anilines is 1. The Morgan fingerprint density at radius 1 is 1.16 bits per heavy atom. The predicted molar refractivity (Wildman–Crippen MR) is 114 cm³/mol. The molecule has 0 spiro atoms. The van der Waals surface area contributed by atoms with Crippen LogP contribution in [0.2, 0.25) is 0 Å². The number of alkyl halides is 3. The first-order valence-electron chi connectivity index (χ1n) is 10.2. The van der Waals surface area contributed by atoms with Crippen molar-refractivity contribution in [2.75, 3.05) is 31.5 Å². The van der Waals surface area contributed by atoms with Gasteiger partial charge in [-0.3, -0.25) is 14.5 Å². The summed E-state index contributed by atoms with van der Waals surface area (Å²) in [5.74, 6) is -0.529. The lowest BCUT2D eigenvalue weighted by Crippen LogP contribution is -2.48. The maximum Gasteiger partial charge on any atom is 0.573 e. The summed E-state index contributed by atoms with van der Waals surface area (Å²) in [4.78, 5) is 32.6. The van der Waals surface area contributed by atoms with Crippen molar-refractivity contribution in [3.8, 4) is 5.75 Å². The Morgan fingerprint density at radius 2 is 1.81 bits per heavy atom. The summed E-state index contributed by atoms with van der Waals surface area (Å²) in [5, 5.41) is 4.99. The Balaban J connectivity index is 1.44. The predicted octanol–water partition coefficient (Wildman–Crippen LogP) is 3.52. The number of nitrogens with zero attached hydrogens (tertiary/aromatic N) is 3. The first-order chi connectivity index (χ1) is 15.1. The van der Waals surface area contributed by atoms with Crippen molar-refractivity contribution in [3.63, 3.8) is 0 Å². The Bertz CT molecular complexity index is 923. The van der Waals surface area contributed by atoms with Crippen LogP contribution in [-0.4, -0.2) is 59.1 Å². The molecule has 0 radical (unpaired) electrons. The lowest BCUT2D eigenvalue weighted by atomic mass is 10.2. The fourth-order valence-corrected chi connectivity index (χ4v) is 3.89. The van der Waals surface area contributed by atoms with E-state index in [1.807, 2.05) is 0 Å². The SMILES string of the molecule is CC(C)C(=O)Nc1nc(CC(=O)N2CCN(Cc3ccc(OC(F)(F)F)cc3)CC2)cs1. The zero-order valence-corrected chi connectivity index (χ0v) is 18.6. The fraction of sp³-hybridized carbons (Fsp3) is 0.476. The average molecular weight is 471 g/mol. The summed E-state index contributed by atoms with van der Waals surface area (Å²) >= 11 is 1.30. The molecule has 11 heteroatoms. The van der Waals surface area contributed by atoms with Gasteiger partial charge in [0.15, 0.2) is 5.13 Å². The highest BCUT2D eigenvalue weighted by Crippen LogP contribution is 2.23. The van der Waals surface area contributed by atoms with Gasteiger partial charge >= 0.3 is 6.36 Å². The number of hydrogen-bond acceptors (Lipinski definition) is 6. The molecule has 1 aromatic heterocycles. The van der Waals surface area contributed by atoms with Crippen LogP contribution in [-0.2, 0) is 22.6 Å². The summed E-state index contributed by atoms with van der Waals surface area (Å²) in [6.07, 6.45) is -4.53. The summed E-state index contributed by atoms with van der Waals surface area (Å²) in [6, 6.07) is 5.82. The zero-order valence-electron chi connectivity index (χ0n) is 17.8. The normalized spacial score (nSPS) is 15.1. The fourth-order valence-electron chi connectivity index (χ4n) is 3.17. The third-order valence-electron chi connectivity index (χ3n) is 4.93. The van der Waals surface area contributed by atoms with Gasteiger partial charge in [-0.15, -0.1) is 24.5 Å². The zero-order chi connectivity index (χ0) is 23.3. The van der Waals surface area contributed by atoms with E-state index in [4.69, 9.17) is 0 Å². The molecule has 3 rings (SSSR count). The molecular weight excluding hydrogens is 445 g/mol. The van der Waals surface area contributed by atoms with Gasteiger partial charge in [0.05, 0.1) is 12.1 Å². The van der Waals surface area contributed by atoms with Gasteiger partial charge in [0, 0.05) is 44.0 Å². The van der Waals surface area contributed by atoms with Crippen molar-refractivity contribution in [2.45, 2.75) is 33.2 Å². The largest absolute Gasteiger partial charge is 0.573 e. The van der Waals surface area contributed by atoms with Gasteiger partial charge in [0.1, 0.15) is 5.75 Å². The molecule has 2 amide bonds. The molecule has 1 aliphatic heterocycles. The molecule has 2 aromatic rings. The number of hydrogen-bond donors (Lipinski definition) is 1. The van der Waals surface area contributed by atoms with Crippen molar-refractivity contribution >= 4 is 28.3 Å². The van der Waals surface area contributed by atoms with Crippen molar-refractivity contribution in [2.24, 2.45) is 5.92 Å². The number of nitrogens with one attached hydrogen (secondary N) is 1. The van der Waals surface area contributed by atoms with Crippen molar-refractivity contribution in [1.82, 2.24) is 14.8 Å². The monoisotopic (exact) mass is 470 g/mol. The van der Waals surface area contributed by atoms with Crippen LogP contribution in [0.1, 0.15) is 25.1 Å². The lowest BCUT2D eigenvalue weighted by molar-refractivity contribution is -0.274. The van der Waals surface area contributed by atoms with Crippen molar-refractivity contribution in [3.05, 3.63) is 40.9 Å². The molecule has 1 fully saturated rings. The quantitative estimate of drug-likeness (QED) is 0.670. The van der Waals surface area contributed by atoms with Crippen LogP contribution in [0.4, 0.5) is 18.3 Å². The molecule has 32 heavy (non-hydrogen) atoms. The molecule has 0 bridgehead atoms. The second kappa shape index (κ2) is 10.3. The highest BCUT2D eigenvalue weighted by molar-refractivity contribution is 7.13. The van der Waals surface area contributed by atoms with E-state index < -0.39 is 6.36 Å². The molecule has 1 aromatic carbocycles. The molecular formula is C21H25F3N4O3S. The Labute approximate surface area is 188 Å². The van der Waals surface area contributed by atoms with E-state index in [2.05, 4.69) is 19.9 Å². The van der Waals surface area contributed by atoms with E-state index in [1.54, 1.807) is 36.3 Å². The smallest absolute Gasteiger partial charge is 0.406 e. The van der Waals surface area contributed by atoms with E-state index >= 15 is 0 Å². The van der Waals surface area contributed by atoms with Crippen LogP contribution < -0.4 is 10.1 Å². The molecule has 1 aliphatic rings. The number of ether oxygens (including phenoxy) is 1. The second-order valence-electron chi connectivity index (χ2n) is 7.81. The number of piperazine rings is 1. The summed E-state index contributed by atoms with van der Waals surface area (Å²) in [7, 11) is 0. The molecule has 7 nitrogen and oxygen atoms in total. The number of carbonyl (C=O) groups is 2. The van der Waals surface area contributed by atoms with Gasteiger partial charge in [-0.2, -0.15) is 0 Å². The molecule has 1 saturated heterocycles. The van der Waals surface area contributed by atoms with Crippen LogP contribution >= 0.6 is 11.3 Å². The summed E-state index contributed by atoms with van der Waals surface area (Å²) < 4.78 is 40.6. The van der Waals surface area contributed by atoms with Crippen LogP contribution in [0.3, 0.4) is 0 Å². The number of carbonyl (C=O) groups excluding carboxylic acids is 2. The van der Waals surface area contributed by atoms with E-state index in [-0.39, 0.29) is 29.9 Å². The van der Waals surface area contributed by atoms with Gasteiger partial charge < -0.3 is 15.0 Å². The minimum Gasteiger partial charge on any atom is -0.406 e. The number of halogens is 3. The summed E-state index contributed by atoms with van der Waals surface area (Å²) in [6.45, 7) is 6.64. The Morgan fingerprint density at radius 3 is 2.41 bits per heavy atom. The number of amides is 2. The third kappa shape index (κ3) is 7.20. The topological polar surface area (TPSA) is 74.8 Å². The molecule has 0 saturated carbocycles. The number of benzene rings is 1. The van der Waals surface area contributed by atoms with Crippen LogP contribution in [0.15, 0.2) is 29.6 Å². The average Bonchev–Trinajstić information content (AvgIpc) is 3.15. The molecule has 1 N–H and O–H groups in total. The van der Waals surface area contributed by atoms with Gasteiger partial charge in [-0.1, -0.05) is 26.0 Å². The standard InChI is InChI=1S/C21H25F3N4O3S/c1-14(2)19(30)26-20-25-16(13-32-20)11-18(29)28-9-7-27(8-10-28)12-15-3-5-17(6-4-15)31-21(22,23)24/h3-6,13-14H,7-12H2,1-2H3,(H,25,26,30). The van der Waals surface area contributed by atoms with Crippen LogP contribution in [0, 0.1) is 5.92 Å². The third-order valence-corrected chi connectivity index (χ3v) is 5.73. The van der Waals surface area contributed by atoms with Gasteiger partial charge in [-0.25, -0.2) is 4.98 Å². The van der Waals surface area contributed by atoms with E-state index in [9.17, 15) is 22.8 Å². The van der Waals surface area contributed by atoms with Crippen LogP contribution in [0.25, 0.3) is 0 Å². The highest BCUT2D eigenvalue weighted by Gasteiger charge is 2.31. The minimum atomic E-state index is -4.70. The van der Waals surface area contributed by atoms with E-state index in [0.717, 1.165) is 5.56 Å². The molecule has 0 aliphatic carbocycles. The minimum absolute atomic E-state index is 0.0228. The summed E-state index contributed by atoms with van der Waals surface area (Å²) in [5.41, 5.74) is 1.50. The maximum absolute atomic E-state index is 12.6.